The predicted molar refractivity (Wildman–Crippen MR) is 220 cm³/mol. The van der Waals surface area contributed by atoms with E-state index >= 15 is 0 Å². The Balaban J connectivity index is 1.20. The normalized spacial score (nSPS) is 15.4. The highest BCUT2D eigenvalue weighted by Crippen LogP contribution is 2.45. The lowest BCUT2D eigenvalue weighted by Gasteiger charge is -2.29. The number of aromatic nitrogens is 4. The molecule has 8 rings (SSSR count). The number of carboxylic acids is 1. The largest absolute Gasteiger partial charge is 0.491 e. The van der Waals surface area contributed by atoms with Crippen LogP contribution in [0.4, 0.5) is 0 Å². The van der Waals surface area contributed by atoms with Crippen LogP contribution in [0.25, 0.3) is 0 Å². The SMILES string of the molecule is O=C(Oc1nc(CC2(c3ccccc3)CCCC2)nc(C(=O)O)c1OCc1ccccc1)c1nc(CC2(c3ccccc3)CCCC2)nc(O)c1OCc1ccccc1. The highest BCUT2D eigenvalue weighted by atomic mass is 16.6. The van der Waals surface area contributed by atoms with Crippen LogP contribution in [0.5, 0.6) is 23.3 Å². The Morgan fingerprint density at radius 1 is 0.542 bits per heavy atom. The minimum absolute atomic E-state index is 0.000831. The number of aromatic carboxylic acids is 1. The average molecular weight is 791 g/mol. The van der Waals surface area contributed by atoms with Crippen LogP contribution in [0.3, 0.4) is 0 Å². The second-order valence-electron chi connectivity index (χ2n) is 15.6. The maximum atomic E-state index is 14.6. The van der Waals surface area contributed by atoms with Crippen LogP contribution < -0.4 is 14.2 Å². The van der Waals surface area contributed by atoms with Crippen molar-refractivity contribution in [3.05, 3.63) is 167 Å². The molecule has 0 aliphatic heterocycles. The summed E-state index contributed by atoms with van der Waals surface area (Å²) in [6.07, 6.45) is 8.21. The third-order valence-corrected chi connectivity index (χ3v) is 11.7. The van der Waals surface area contributed by atoms with Crippen LogP contribution in [0, 0.1) is 0 Å². The van der Waals surface area contributed by atoms with E-state index in [4.69, 9.17) is 24.2 Å². The number of hydrogen-bond donors (Lipinski definition) is 2. The van der Waals surface area contributed by atoms with Crippen molar-refractivity contribution in [3.8, 4) is 23.3 Å². The Morgan fingerprint density at radius 2 is 0.966 bits per heavy atom. The second-order valence-corrected chi connectivity index (χ2v) is 15.6. The van der Waals surface area contributed by atoms with E-state index in [9.17, 15) is 19.8 Å². The summed E-state index contributed by atoms with van der Waals surface area (Å²) in [4.78, 5) is 46.1. The van der Waals surface area contributed by atoms with Crippen LogP contribution in [0.2, 0.25) is 0 Å². The summed E-state index contributed by atoms with van der Waals surface area (Å²) in [5.41, 5.74) is 2.38. The number of rotatable bonds is 15. The molecule has 0 saturated heterocycles. The summed E-state index contributed by atoms with van der Waals surface area (Å²) in [5, 5.41) is 22.1. The van der Waals surface area contributed by atoms with E-state index in [1.807, 2.05) is 97.1 Å². The second kappa shape index (κ2) is 17.5. The van der Waals surface area contributed by atoms with Gasteiger partial charge in [-0.05, 0) is 47.9 Å². The van der Waals surface area contributed by atoms with E-state index in [1.54, 1.807) is 0 Å². The molecule has 2 aliphatic rings. The first-order valence-electron chi connectivity index (χ1n) is 20.2. The molecule has 6 aromatic rings. The summed E-state index contributed by atoms with van der Waals surface area (Å²) in [6, 6.07) is 38.8. The number of carboxylic acid groups (broad SMARTS) is 1. The number of carbonyl (C=O) groups is 2. The predicted octanol–water partition coefficient (Wildman–Crippen LogP) is 9.16. The van der Waals surface area contributed by atoms with Crippen LogP contribution in [-0.2, 0) is 36.9 Å². The maximum Gasteiger partial charge on any atom is 0.367 e. The molecule has 0 amide bonds. The quantitative estimate of drug-likeness (QED) is 0.0958. The molecule has 0 spiro atoms. The molecule has 2 N–H and O–H groups in total. The topological polar surface area (TPSA) is 154 Å². The number of esters is 1. The van der Waals surface area contributed by atoms with Crippen molar-refractivity contribution in [1.29, 1.82) is 0 Å². The van der Waals surface area contributed by atoms with Gasteiger partial charge in [0.1, 0.15) is 24.9 Å². The van der Waals surface area contributed by atoms with Gasteiger partial charge in [0.15, 0.2) is 11.4 Å². The van der Waals surface area contributed by atoms with E-state index in [2.05, 4.69) is 34.2 Å². The van der Waals surface area contributed by atoms with Crippen molar-refractivity contribution in [1.82, 2.24) is 19.9 Å². The Kier molecular flexibility index (Phi) is 11.6. The first-order valence-corrected chi connectivity index (χ1v) is 20.2. The molecule has 300 valence electrons. The highest BCUT2D eigenvalue weighted by molar-refractivity contribution is 5.94. The average Bonchev–Trinajstić information content (AvgIpc) is 3.95. The van der Waals surface area contributed by atoms with E-state index in [0.29, 0.717) is 12.8 Å². The molecule has 59 heavy (non-hydrogen) atoms. The Bertz CT molecular complexity index is 2380. The minimum Gasteiger partial charge on any atom is -0.491 e. The fourth-order valence-corrected chi connectivity index (χ4v) is 8.75. The first-order chi connectivity index (χ1) is 28.8. The number of carbonyl (C=O) groups excluding carboxylic acids is 1. The zero-order valence-electron chi connectivity index (χ0n) is 32.8. The summed E-state index contributed by atoms with van der Waals surface area (Å²) in [5.74, 6) is -3.43. The van der Waals surface area contributed by atoms with Gasteiger partial charge in [-0.3, -0.25) is 0 Å². The lowest BCUT2D eigenvalue weighted by atomic mass is 9.76. The smallest absolute Gasteiger partial charge is 0.367 e. The van der Waals surface area contributed by atoms with Gasteiger partial charge in [0, 0.05) is 23.7 Å². The molecular formula is C48H46N4O7. The molecule has 2 fully saturated rings. The van der Waals surface area contributed by atoms with E-state index in [-0.39, 0.29) is 58.8 Å². The number of ether oxygens (including phenoxy) is 3. The molecule has 4 aromatic carbocycles. The minimum atomic E-state index is -1.37. The lowest BCUT2D eigenvalue weighted by Crippen LogP contribution is -2.28. The molecule has 11 heteroatoms. The van der Waals surface area contributed by atoms with Gasteiger partial charge in [-0.2, -0.15) is 9.97 Å². The number of hydrogen-bond acceptors (Lipinski definition) is 10. The van der Waals surface area contributed by atoms with Gasteiger partial charge in [-0.1, -0.05) is 147 Å². The Labute approximate surface area is 343 Å². The molecule has 0 atom stereocenters. The molecule has 2 aromatic heterocycles. The van der Waals surface area contributed by atoms with Gasteiger partial charge in [-0.25, -0.2) is 19.6 Å². The number of nitrogens with zero attached hydrogens (tertiary/aromatic N) is 4. The van der Waals surface area contributed by atoms with Crippen molar-refractivity contribution < 1.29 is 34.0 Å². The Hall–Kier alpha value is -6.62. The zero-order valence-corrected chi connectivity index (χ0v) is 32.8. The molecule has 11 nitrogen and oxygen atoms in total. The van der Waals surface area contributed by atoms with Gasteiger partial charge in [0.05, 0.1) is 0 Å². The summed E-state index contributed by atoms with van der Waals surface area (Å²) < 4.78 is 18.3. The molecule has 2 aliphatic carbocycles. The third-order valence-electron chi connectivity index (χ3n) is 11.7. The van der Waals surface area contributed by atoms with Crippen LogP contribution in [0.15, 0.2) is 121 Å². The fraction of sp³-hybridized carbons (Fsp3) is 0.292. The molecular weight excluding hydrogens is 745 g/mol. The van der Waals surface area contributed by atoms with E-state index in [1.165, 1.54) is 0 Å². The van der Waals surface area contributed by atoms with Crippen molar-refractivity contribution in [2.75, 3.05) is 0 Å². The number of aromatic hydroxyl groups is 1. The standard InChI is InChI=1S/C48H46N4O7/c53-43-41(57-31-33-17-5-1-6-18-33)40(50-37(51-43)29-47(25-13-14-26-47)35-21-9-3-10-22-35)46(56)59-44-42(58-32-34-19-7-2-8-20-34)39(45(54)55)49-38(52-44)30-48(27-15-16-28-48)36-23-11-4-12-24-36/h1-12,17-24H,13-16,25-32H2,(H,54,55)(H,50,51,53). The molecule has 0 unspecified atom stereocenters. The molecule has 0 bridgehead atoms. The lowest BCUT2D eigenvalue weighted by molar-refractivity contribution is 0.0661. The van der Waals surface area contributed by atoms with E-state index in [0.717, 1.165) is 73.6 Å². The summed E-state index contributed by atoms with van der Waals surface area (Å²) in [6.45, 7) is -0.0487. The van der Waals surface area contributed by atoms with Crippen LogP contribution in [-0.4, -0.2) is 42.1 Å². The summed E-state index contributed by atoms with van der Waals surface area (Å²) in [7, 11) is 0. The van der Waals surface area contributed by atoms with Crippen molar-refractivity contribution in [2.45, 2.75) is 88.3 Å². The van der Waals surface area contributed by atoms with Crippen LogP contribution >= 0.6 is 0 Å². The van der Waals surface area contributed by atoms with Crippen molar-refractivity contribution >= 4 is 11.9 Å². The monoisotopic (exact) mass is 790 g/mol. The third kappa shape index (κ3) is 8.79. The fourth-order valence-electron chi connectivity index (χ4n) is 8.75. The first kappa shape index (κ1) is 39.2. The van der Waals surface area contributed by atoms with Crippen molar-refractivity contribution in [3.63, 3.8) is 0 Å². The molecule has 2 heterocycles. The highest BCUT2D eigenvalue weighted by Gasteiger charge is 2.39. The molecule has 0 radical (unpaired) electrons. The van der Waals surface area contributed by atoms with Gasteiger partial charge < -0.3 is 24.4 Å². The molecule has 2 saturated carbocycles. The van der Waals surface area contributed by atoms with Crippen LogP contribution in [0.1, 0.15) is 106 Å². The van der Waals surface area contributed by atoms with Gasteiger partial charge >= 0.3 is 11.9 Å². The van der Waals surface area contributed by atoms with Gasteiger partial charge in [0.25, 0.3) is 11.8 Å². The Morgan fingerprint density at radius 3 is 1.44 bits per heavy atom. The summed E-state index contributed by atoms with van der Waals surface area (Å²) >= 11 is 0. The van der Waals surface area contributed by atoms with Gasteiger partial charge in [-0.15, -0.1) is 0 Å². The zero-order chi connectivity index (χ0) is 40.7. The maximum absolute atomic E-state index is 14.6. The van der Waals surface area contributed by atoms with E-state index < -0.39 is 23.5 Å². The van der Waals surface area contributed by atoms with Gasteiger partial charge in [0.2, 0.25) is 11.5 Å². The number of benzene rings is 4. The van der Waals surface area contributed by atoms with Crippen molar-refractivity contribution in [2.24, 2.45) is 0 Å².